The van der Waals surface area contributed by atoms with Crippen LogP contribution in [0.4, 0.5) is 0 Å². The van der Waals surface area contributed by atoms with Crippen LogP contribution in [-0.4, -0.2) is 65.5 Å². The molecule has 1 fully saturated rings. The Labute approximate surface area is 253 Å². The first-order valence-electron chi connectivity index (χ1n) is 14.6. The van der Waals surface area contributed by atoms with E-state index in [1.54, 1.807) is 29.4 Å². The highest BCUT2D eigenvalue weighted by Gasteiger charge is 2.27. The lowest BCUT2D eigenvalue weighted by atomic mass is 9.90. The van der Waals surface area contributed by atoms with Crippen LogP contribution >= 0.6 is 0 Å². The summed E-state index contributed by atoms with van der Waals surface area (Å²) >= 11 is 0. The molecule has 1 saturated heterocycles. The van der Waals surface area contributed by atoms with Gasteiger partial charge in [-0.3, -0.25) is 9.59 Å². The topological polar surface area (TPSA) is 170 Å². The molecular weight excluding hydrogens is 566 g/mol. The van der Waals surface area contributed by atoms with Gasteiger partial charge in [0.1, 0.15) is 10.7 Å². The van der Waals surface area contributed by atoms with Gasteiger partial charge in [-0.15, -0.1) is 5.10 Å². The van der Waals surface area contributed by atoms with Gasteiger partial charge < -0.3 is 29.3 Å². The summed E-state index contributed by atoms with van der Waals surface area (Å²) in [5, 5.41) is 18.0. The van der Waals surface area contributed by atoms with Crippen LogP contribution in [0.5, 0.6) is 5.88 Å². The first kappa shape index (κ1) is 30.8. The number of rotatable bonds is 11. The molecule has 0 radical (unpaired) electrons. The Morgan fingerprint density at radius 3 is 2.77 bits per heavy atom. The first-order valence-corrected chi connectivity index (χ1v) is 14.6. The number of H-pyrrole nitrogens is 2. The molecule has 232 valence electrons. The Morgan fingerprint density at radius 1 is 1.20 bits per heavy atom. The molecule has 2 atom stereocenters. The molecule has 3 aromatic heterocycles. The van der Waals surface area contributed by atoms with Crippen molar-refractivity contribution < 1.29 is 24.1 Å². The molecule has 5 rings (SSSR count). The molecule has 1 aliphatic rings. The number of carbonyl (C=O) groups excluding carboxylic acids is 1. The van der Waals surface area contributed by atoms with Gasteiger partial charge in [0.2, 0.25) is 12.7 Å². The monoisotopic (exact) mass is 603 g/mol. The number of benzene rings is 1. The van der Waals surface area contributed by atoms with Gasteiger partial charge in [-0.1, -0.05) is 56.3 Å². The number of hydrogen-bond donors (Lipinski definition) is 3. The Bertz CT molecular complexity index is 1740. The quantitative estimate of drug-likeness (QED) is 0.169. The molecule has 1 aliphatic heterocycles. The molecular formula is C31H37N7O6. The number of aromatic nitrogens is 7. The molecule has 1 aromatic carbocycles. The van der Waals surface area contributed by atoms with Gasteiger partial charge in [-0.2, -0.15) is 0 Å². The third-order valence-electron chi connectivity index (χ3n) is 7.11. The highest BCUT2D eigenvalue weighted by molar-refractivity contribution is 5.69. The molecule has 2 unspecified atom stereocenters. The van der Waals surface area contributed by atoms with E-state index in [4.69, 9.17) is 14.2 Å². The van der Waals surface area contributed by atoms with Crippen molar-refractivity contribution in [2.45, 2.75) is 70.6 Å². The molecule has 0 spiro atoms. The first-order chi connectivity index (χ1) is 21.2. The van der Waals surface area contributed by atoms with E-state index in [0.29, 0.717) is 23.9 Å². The summed E-state index contributed by atoms with van der Waals surface area (Å²) < 4.78 is 18.5. The number of aliphatic hydroxyl groups is 1. The number of aryl methyl sites for hydroxylation is 1. The van der Waals surface area contributed by atoms with Gasteiger partial charge >= 0.3 is 5.97 Å². The largest absolute Gasteiger partial charge is 0.438 e. The molecule has 0 aliphatic carbocycles. The maximum absolute atomic E-state index is 13.0. The van der Waals surface area contributed by atoms with Crippen LogP contribution < -0.4 is 21.0 Å². The van der Waals surface area contributed by atoms with Crippen LogP contribution in [0.25, 0.3) is 12.2 Å². The lowest BCUT2D eigenvalue weighted by Crippen LogP contribution is -2.38. The lowest BCUT2D eigenvalue weighted by molar-refractivity contribution is -0.150. The number of ether oxygens (including phenoxy) is 3. The molecule has 0 amide bonds. The summed E-state index contributed by atoms with van der Waals surface area (Å²) in [4.78, 5) is 40.3. The Balaban J connectivity index is 1.24. The second kappa shape index (κ2) is 13.8. The summed E-state index contributed by atoms with van der Waals surface area (Å²) in [5.74, 6) is -0.354. The second-order valence-corrected chi connectivity index (χ2v) is 11.6. The van der Waals surface area contributed by atoms with Gasteiger partial charge in [-0.05, 0) is 43.4 Å². The zero-order valence-corrected chi connectivity index (χ0v) is 25.0. The molecule has 0 saturated carbocycles. The van der Waals surface area contributed by atoms with E-state index in [1.165, 1.54) is 0 Å². The van der Waals surface area contributed by atoms with Crippen molar-refractivity contribution in [3.05, 3.63) is 86.6 Å². The molecule has 13 nitrogen and oxygen atoms in total. The lowest BCUT2D eigenvalue weighted by Gasteiger charge is -2.17. The Hall–Kier alpha value is -4.62. The molecule has 4 heterocycles. The SMILES string of the molecule is CC(C)(C)c1[nH]cnc1/C=c1\[nH]c(=O)/c(=C/c2ccccc2)nc1OCOC(=O)CCCc1cn(C2CCC(CO)O2)nn1. The highest BCUT2D eigenvalue weighted by Crippen LogP contribution is 2.27. The zero-order chi connectivity index (χ0) is 31.1. The van der Waals surface area contributed by atoms with Crippen LogP contribution in [-0.2, 0) is 26.1 Å². The average molecular weight is 604 g/mol. The maximum atomic E-state index is 13.0. The fraction of sp³-hybridized carbons (Fsp3) is 0.419. The number of carbonyl (C=O) groups is 1. The highest BCUT2D eigenvalue weighted by atomic mass is 16.7. The van der Waals surface area contributed by atoms with Gasteiger partial charge in [0, 0.05) is 17.5 Å². The molecule has 4 aromatic rings. The normalized spacial score (nSPS) is 17.7. The standard InChI is InChI=1S/C31H37N7O6/c1-31(2,3)28-23(32-18-33-28)15-25-30(35-24(29(41)34-25)14-20-8-5-4-6-9-20)43-19-42-27(40)11-7-10-21-16-38(37-36-21)26-13-12-22(17-39)44-26/h4-6,8-9,14-16,18,22,26,39H,7,10-13,17,19H2,1-3H3,(H,32,33)(H,34,41)/b24-14-,25-15-. The van der Waals surface area contributed by atoms with Crippen molar-refractivity contribution in [1.82, 2.24) is 34.9 Å². The minimum atomic E-state index is -0.448. The number of esters is 1. The molecule has 13 heteroatoms. The van der Waals surface area contributed by atoms with E-state index < -0.39 is 18.3 Å². The van der Waals surface area contributed by atoms with Crippen LogP contribution in [0.3, 0.4) is 0 Å². The maximum Gasteiger partial charge on any atom is 0.308 e. The number of nitrogens with zero attached hydrogens (tertiary/aromatic N) is 5. The summed E-state index contributed by atoms with van der Waals surface area (Å²) in [5.41, 5.74) is 2.41. The van der Waals surface area contributed by atoms with Crippen molar-refractivity contribution >= 4 is 18.1 Å². The number of aromatic amines is 2. The number of aliphatic hydroxyl groups excluding tert-OH is 1. The number of hydrogen-bond acceptors (Lipinski definition) is 10. The van der Waals surface area contributed by atoms with Gasteiger partial charge in [-0.25, -0.2) is 14.6 Å². The van der Waals surface area contributed by atoms with E-state index >= 15 is 0 Å². The van der Waals surface area contributed by atoms with E-state index in [2.05, 4.69) is 30.2 Å². The van der Waals surface area contributed by atoms with Crippen molar-refractivity contribution in [3.63, 3.8) is 0 Å². The third-order valence-corrected chi connectivity index (χ3v) is 7.11. The van der Waals surface area contributed by atoms with Crippen molar-refractivity contribution in [1.29, 1.82) is 0 Å². The van der Waals surface area contributed by atoms with Crippen LogP contribution in [0.1, 0.15) is 75.3 Å². The predicted molar refractivity (Wildman–Crippen MR) is 160 cm³/mol. The van der Waals surface area contributed by atoms with Crippen LogP contribution in [0.15, 0.2) is 47.7 Å². The number of imidazole rings is 1. The fourth-order valence-electron chi connectivity index (χ4n) is 4.85. The second-order valence-electron chi connectivity index (χ2n) is 11.6. The van der Waals surface area contributed by atoms with E-state index in [9.17, 15) is 14.7 Å². The van der Waals surface area contributed by atoms with E-state index in [1.807, 2.05) is 51.1 Å². The number of nitrogens with one attached hydrogen (secondary N) is 2. The summed E-state index contributed by atoms with van der Waals surface area (Å²) in [7, 11) is 0. The van der Waals surface area contributed by atoms with Crippen molar-refractivity contribution in [2.24, 2.45) is 0 Å². The molecule has 44 heavy (non-hydrogen) atoms. The van der Waals surface area contributed by atoms with E-state index in [-0.39, 0.29) is 42.0 Å². The summed E-state index contributed by atoms with van der Waals surface area (Å²) in [6.45, 7) is 5.74. The summed E-state index contributed by atoms with van der Waals surface area (Å²) in [6, 6.07) is 9.33. The van der Waals surface area contributed by atoms with E-state index in [0.717, 1.165) is 29.8 Å². The third kappa shape index (κ3) is 7.85. The Kier molecular flexibility index (Phi) is 9.65. The minimum Gasteiger partial charge on any atom is -0.438 e. The van der Waals surface area contributed by atoms with Crippen molar-refractivity contribution in [2.75, 3.05) is 13.4 Å². The van der Waals surface area contributed by atoms with Gasteiger partial charge in [0.25, 0.3) is 5.56 Å². The van der Waals surface area contributed by atoms with Crippen LogP contribution in [0.2, 0.25) is 0 Å². The fourth-order valence-corrected chi connectivity index (χ4v) is 4.85. The van der Waals surface area contributed by atoms with Crippen LogP contribution in [0, 0.1) is 0 Å². The van der Waals surface area contributed by atoms with Gasteiger partial charge in [0.05, 0.1) is 36.6 Å². The predicted octanol–water partition coefficient (Wildman–Crippen LogP) is 1.61. The Morgan fingerprint density at radius 2 is 2.02 bits per heavy atom. The summed E-state index contributed by atoms with van der Waals surface area (Å²) in [6.07, 6.45) is 9.02. The molecule has 0 bridgehead atoms. The minimum absolute atomic E-state index is 0.0166. The smallest absolute Gasteiger partial charge is 0.308 e. The average Bonchev–Trinajstić information content (AvgIpc) is 3.77. The zero-order valence-electron chi connectivity index (χ0n) is 25.0. The van der Waals surface area contributed by atoms with Gasteiger partial charge in [0.15, 0.2) is 6.23 Å². The van der Waals surface area contributed by atoms with Crippen molar-refractivity contribution in [3.8, 4) is 5.88 Å². The molecule has 3 N–H and O–H groups in total.